The maximum Gasteiger partial charge on any atom is 0.267 e. The van der Waals surface area contributed by atoms with Gasteiger partial charge in [0.05, 0.1) is 24.7 Å². The molecule has 8 heteroatoms. The van der Waals surface area contributed by atoms with Crippen LogP contribution in [0.1, 0.15) is 33.1 Å². The summed E-state index contributed by atoms with van der Waals surface area (Å²) in [4.78, 5) is 0. The lowest BCUT2D eigenvalue weighted by molar-refractivity contribution is 0.284. The summed E-state index contributed by atoms with van der Waals surface area (Å²) in [6, 6.07) is 0. The average Bonchev–Trinajstić information content (AvgIpc) is 2.27. The molecule has 0 aliphatic carbocycles. The van der Waals surface area contributed by atoms with E-state index in [1.54, 1.807) is 0 Å². The largest absolute Gasteiger partial charge is 0.270 e. The summed E-state index contributed by atoms with van der Waals surface area (Å²) in [5.74, 6) is -0.0737. The van der Waals surface area contributed by atoms with Crippen LogP contribution in [0.3, 0.4) is 0 Å². The molecule has 0 spiro atoms. The summed E-state index contributed by atoms with van der Waals surface area (Å²) in [6.07, 6.45) is 1.79. The highest BCUT2D eigenvalue weighted by Gasteiger charge is 2.07. The molecule has 0 fully saturated rings. The molecule has 104 valence electrons. The van der Waals surface area contributed by atoms with Crippen molar-refractivity contribution in [3.8, 4) is 0 Å². The van der Waals surface area contributed by atoms with E-state index in [0.29, 0.717) is 19.3 Å². The van der Waals surface area contributed by atoms with E-state index in [4.69, 9.17) is 0 Å². The van der Waals surface area contributed by atoms with Gasteiger partial charge >= 0.3 is 0 Å². The SMILES string of the molecule is CCS(=O)(=O)OCCCCCOS(=O)(=O)CC. The van der Waals surface area contributed by atoms with Gasteiger partial charge in [0.15, 0.2) is 0 Å². The zero-order valence-corrected chi connectivity index (χ0v) is 11.8. The quantitative estimate of drug-likeness (QED) is 0.438. The van der Waals surface area contributed by atoms with Crippen molar-refractivity contribution in [2.75, 3.05) is 24.7 Å². The van der Waals surface area contributed by atoms with Crippen LogP contribution in [0.15, 0.2) is 0 Å². The van der Waals surface area contributed by atoms with E-state index < -0.39 is 20.2 Å². The normalized spacial score (nSPS) is 12.8. The van der Waals surface area contributed by atoms with E-state index in [9.17, 15) is 16.8 Å². The van der Waals surface area contributed by atoms with Crippen molar-refractivity contribution >= 4 is 20.2 Å². The number of hydrogen-bond acceptors (Lipinski definition) is 6. The van der Waals surface area contributed by atoms with Gasteiger partial charge in [-0.2, -0.15) is 16.8 Å². The predicted molar refractivity (Wildman–Crippen MR) is 64.7 cm³/mol. The van der Waals surface area contributed by atoms with E-state index in [1.165, 1.54) is 13.8 Å². The Labute approximate surface area is 104 Å². The second-order valence-corrected chi connectivity index (χ2v) is 7.25. The van der Waals surface area contributed by atoms with Gasteiger partial charge in [-0.25, -0.2) is 0 Å². The van der Waals surface area contributed by atoms with Gasteiger partial charge in [-0.05, 0) is 33.1 Å². The monoisotopic (exact) mass is 288 g/mol. The Morgan fingerprint density at radius 2 is 1.06 bits per heavy atom. The maximum absolute atomic E-state index is 10.9. The molecule has 0 bridgehead atoms. The molecule has 0 atom stereocenters. The second kappa shape index (κ2) is 8.02. The van der Waals surface area contributed by atoms with E-state index in [0.717, 1.165) is 0 Å². The lowest BCUT2D eigenvalue weighted by Crippen LogP contribution is -2.10. The molecule has 0 saturated carbocycles. The smallest absolute Gasteiger partial charge is 0.267 e. The Kier molecular flexibility index (Phi) is 7.93. The Balaban J connectivity index is 3.49. The molecule has 0 saturated heterocycles. The summed E-state index contributed by atoms with van der Waals surface area (Å²) in [5, 5.41) is 0. The van der Waals surface area contributed by atoms with Gasteiger partial charge < -0.3 is 0 Å². The summed E-state index contributed by atoms with van der Waals surface area (Å²) < 4.78 is 53.0. The fourth-order valence-electron chi connectivity index (χ4n) is 0.919. The topological polar surface area (TPSA) is 86.7 Å². The van der Waals surface area contributed by atoms with Crippen LogP contribution in [0.5, 0.6) is 0 Å². The molecular formula is C9H20O6S2. The lowest BCUT2D eigenvalue weighted by atomic mass is 10.2. The molecule has 0 rings (SSSR count). The van der Waals surface area contributed by atoms with Gasteiger partial charge in [0.25, 0.3) is 20.2 Å². The van der Waals surface area contributed by atoms with Crippen molar-refractivity contribution in [3.05, 3.63) is 0 Å². The molecule has 0 N–H and O–H groups in total. The van der Waals surface area contributed by atoms with Crippen molar-refractivity contribution in [3.63, 3.8) is 0 Å². The van der Waals surface area contributed by atoms with Gasteiger partial charge in [0.1, 0.15) is 0 Å². The van der Waals surface area contributed by atoms with Gasteiger partial charge in [-0.15, -0.1) is 0 Å². The van der Waals surface area contributed by atoms with Gasteiger partial charge in [0, 0.05) is 0 Å². The number of hydrogen-bond donors (Lipinski definition) is 0. The van der Waals surface area contributed by atoms with Crippen molar-refractivity contribution in [1.29, 1.82) is 0 Å². The summed E-state index contributed by atoms with van der Waals surface area (Å²) >= 11 is 0. The third kappa shape index (κ3) is 9.51. The molecule has 0 heterocycles. The zero-order chi connectivity index (χ0) is 13.4. The third-order valence-electron chi connectivity index (χ3n) is 2.02. The average molecular weight is 288 g/mol. The van der Waals surface area contributed by atoms with E-state index in [2.05, 4.69) is 8.37 Å². The van der Waals surface area contributed by atoms with Crippen LogP contribution in [-0.4, -0.2) is 41.6 Å². The molecule has 0 aliphatic rings. The minimum atomic E-state index is -3.37. The van der Waals surface area contributed by atoms with Crippen molar-refractivity contribution in [2.45, 2.75) is 33.1 Å². The third-order valence-corrected chi connectivity index (χ3v) is 4.49. The lowest BCUT2D eigenvalue weighted by Gasteiger charge is -2.04. The van der Waals surface area contributed by atoms with Crippen molar-refractivity contribution in [2.24, 2.45) is 0 Å². The minimum Gasteiger partial charge on any atom is -0.270 e. The first-order valence-electron chi connectivity index (χ1n) is 5.57. The van der Waals surface area contributed by atoms with Gasteiger partial charge in [-0.3, -0.25) is 8.37 Å². The van der Waals surface area contributed by atoms with Gasteiger partial charge in [-0.1, -0.05) is 0 Å². The van der Waals surface area contributed by atoms with Crippen LogP contribution < -0.4 is 0 Å². The summed E-state index contributed by atoms with van der Waals surface area (Å²) in [6.45, 7) is 3.30. The highest BCUT2D eigenvalue weighted by atomic mass is 32.2. The highest BCUT2D eigenvalue weighted by molar-refractivity contribution is 7.86. The van der Waals surface area contributed by atoms with E-state index in [1.807, 2.05) is 0 Å². The minimum absolute atomic E-state index is 0.0369. The van der Waals surface area contributed by atoms with Crippen LogP contribution in [0.2, 0.25) is 0 Å². The first kappa shape index (κ1) is 16.8. The van der Waals surface area contributed by atoms with E-state index in [-0.39, 0.29) is 24.7 Å². The molecular weight excluding hydrogens is 268 g/mol. The number of unbranched alkanes of at least 4 members (excludes halogenated alkanes) is 2. The molecule has 0 amide bonds. The molecule has 0 unspecified atom stereocenters. The highest BCUT2D eigenvalue weighted by Crippen LogP contribution is 2.02. The Morgan fingerprint density at radius 1 is 0.706 bits per heavy atom. The van der Waals surface area contributed by atoms with Crippen molar-refractivity contribution in [1.82, 2.24) is 0 Å². The van der Waals surface area contributed by atoms with Crippen LogP contribution in [0, 0.1) is 0 Å². The fraction of sp³-hybridized carbons (Fsp3) is 1.00. The Morgan fingerprint density at radius 3 is 1.35 bits per heavy atom. The molecule has 0 aromatic rings. The Hall–Kier alpha value is -0.180. The Bertz CT molecular complexity index is 346. The molecule has 0 aromatic heterocycles. The molecule has 0 radical (unpaired) electrons. The first-order valence-corrected chi connectivity index (χ1v) is 8.72. The van der Waals surface area contributed by atoms with E-state index >= 15 is 0 Å². The molecule has 17 heavy (non-hydrogen) atoms. The van der Waals surface area contributed by atoms with Crippen LogP contribution in [-0.2, 0) is 28.6 Å². The molecule has 0 aliphatic heterocycles. The maximum atomic E-state index is 10.9. The standard InChI is InChI=1S/C9H20O6S2/c1-3-16(10,11)14-8-6-5-7-9-15-17(12,13)4-2/h3-9H2,1-2H3. The molecule has 0 aromatic carbocycles. The van der Waals surface area contributed by atoms with Crippen LogP contribution in [0.25, 0.3) is 0 Å². The summed E-state index contributed by atoms with van der Waals surface area (Å²) in [7, 11) is -6.73. The van der Waals surface area contributed by atoms with Crippen LogP contribution >= 0.6 is 0 Å². The van der Waals surface area contributed by atoms with Crippen LogP contribution in [0.4, 0.5) is 0 Å². The number of rotatable bonds is 10. The molecule has 6 nitrogen and oxygen atoms in total. The van der Waals surface area contributed by atoms with Crippen molar-refractivity contribution < 1.29 is 25.2 Å². The summed E-state index contributed by atoms with van der Waals surface area (Å²) in [5.41, 5.74) is 0. The van der Waals surface area contributed by atoms with Gasteiger partial charge in [0.2, 0.25) is 0 Å². The zero-order valence-electron chi connectivity index (χ0n) is 10.2. The fourth-order valence-corrected chi connectivity index (χ4v) is 2.00. The predicted octanol–water partition coefficient (Wildman–Crippen LogP) is 0.889. The first-order chi connectivity index (χ1) is 7.83. The second-order valence-electron chi connectivity index (χ2n) is 3.40.